The topological polar surface area (TPSA) is 29.1 Å². The Kier molecular flexibility index (Phi) is 7.13. The number of hydrogen-bond donors (Lipinski definition) is 1. The summed E-state index contributed by atoms with van der Waals surface area (Å²) in [5, 5.41) is 3.29. The van der Waals surface area contributed by atoms with E-state index in [-0.39, 0.29) is 24.2 Å². The minimum absolute atomic E-state index is 0. The molecule has 0 saturated carbocycles. The van der Waals surface area contributed by atoms with Gasteiger partial charge in [-0.2, -0.15) is 0 Å². The van der Waals surface area contributed by atoms with Crippen molar-refractivity contribution in [2.45, 2.75) is 26.3 Å². The van der Waals surface area contributed by atoms with Gasteiger partial charge in [0.1, 0.15) is 0 Å². The summed E-state index contributed by atoms with van der Waals surface area (Å²) in [6, 6.07) is 18.3. The van der Waals surface area contributed by atoms with Gasteiger partial charge in [-0.3, -0.25) is 4.79 Å². The fourth-order valence-corrected chi connectivity index (χ4v) is 2.15. The minimum atomic E-state index is 0. The van der Waals surface area contributed by atoms with Crippen LogP contribution in [0, 0.1) is 6.92 Å². The van der Waals surface area contributed by atoms with Crippen LogP contribution < -0.4 is 5.32 Å². The molecule has 2 aromatic carbocycles. The van der Waals surface area contributed by atoms with Gasteiger partial charge in [0.2, 0.25) is 0 Å². The average molecular weight is 304 g/mol. The predicted molar refractivity (Wildman–Crippen MR) is 90.4 cm³/mol. The lowest BCUT2D eigenvalue weighted by atomic mass is 10.1. The summed E-state index contributed by atoms with van der Waals surface area (Å²) < 4.78 is 0. The van der Waals surface area contributed by atoms with Gasteiger partial charge >= 0.3 is 0 Å². The Balaban J connectivity index is 0.00000220. The number of ketones is 1. The normalized spacial score (nSPS) is 11.5. The van der Waals surface area contributed by atoms with Crippen LogP contribution in [0.3, 0.4) is 0 Å². The smallest absolute Gasteiger partial charge is 0.176 e. The highest BCUT2D eigenvalue weighted by Crippen LogP contribution is 2.05. The number of Topliss-reactive ketones (excluding diaryl/α,β-unsaturated/α-hetero) is 1. The molecule has 0 aromatic heterocycles. The third kappa shape index (κ3) is 5.70. The van der Waals surface area contributed by atoms with Crippen LogP contribution in [0.15, 0.2) is 54.6 Å². The Bertz CT molecular complexity index is 551. The average Bonchev–Trinajstić information content (AvgIpc) is 2.46. The van der Waals surface area contributed by atoms with E-state index < -0.39 is 0 Å². The first kappa shape index (κ1) is 17.4. The molecule has 2 nitrogen and oxygen atoms in total. The van der Waals surface area contributed by atoms with Crippen molar-refractivity contribution in [2.75, 3.05) is 6.54 Å². The van der Waals surface area contributed by atoms with Crippen molar-refractivity contribution in [3.8, 4) is 0 Å². The summed E-state index contributed by atoms with van der Waals surface area (Å²) in [6.07, 6.45) is 0.933. The summed E-state index contributed by atoms with van der Waals surface area (Å²) in [4.78, 5) is 12.1. The number of carbonyl (C=O) groups excluding carboxylic acids is 1. The van der Waals surface area contributed by atoms with Crippen LogP contribution in [0.4, 0.5) is 0 Å². The van der Waals surface area contributed by atoms with Crippen LogP contribution in [0.1, 0.15) is 28.4 Å². The Morgan fingerprint density at radius 1 is 1.05 bits per heavy atom. The first-order valence-corrected chi connectivity index (χ1v) is 7.02. The lowest BCUT2D eigenvalue weighted by Gasteiger charge is -2.13. The van der Waals surface area contributed by atoms with Crippen molar-refractivity contribution in [3.63, 3.8) is 0 Å². The SMILES string of the molecule is Cc1ccc(C(=O)CN[C@@H](C)Cc2ccccc2)cc1.Cl. The lowest BCUT2D eigenvalue weighted by Crippen LogP contribution is -2.33. The maximum absolute atomic E-state index is 12.1. The van der Waals surface area contributed by atoms with Crippen molar-refractivity contribution in [1.29, 1.82) is 0 Å². The molecule has 0 unspecified atom stereocenters. The Morgan fingerprint density at radius 2 is 1.67 bits per heavy atom. The van der Waals surface area contributed by atoms with Gasteiger partial charge in [0.15, 0.2) is 5.78 Å². The molecule has 0 heterocycles. The lowest BCUT2D eigenvalue weighted by molar-refractivity contribution is 0.0988. The molecule has 0 amide bonds. The van der Waals surface area contributed by atoms with E-state index in [0.717, 1.165) is 12.0 Å². The highest BCUT2D eigenvalue weighted by molar-refractivity contribution is 5.97. The number of carbonyl (C=O) groups is 1. The number of hydrogen-bond acceptors (Lipinski definition) is 2. The Hall–Kier alpha value is -1.64. The van der Waals surface area contributed by atoms with Crippen molar-refractivity contribution in [3.05, 3.63) is 71.3 Å². The minimum Gasteiger partial charge on any atom is -0.307 e. The van der Waals surface area contributed by atoms with Gasteiger partial charge in [-0.15, -0.1) is 12.4 Å². The zero-order valence-corrected chi connectivity index (χ0v) is 13.3. The molecule has 1 N–H and O–H groups in total. The Labute approximate surface area is 133 Å². The maximum Gasteiger partial charge on any atom is 0.176 e. The summed E-state index contributed by atoms with van der Waals surface area (Å²) in [5.41, 5.74) is 3.23. The van der Waals surface area contributed by atoms with Crippen LogP contribution in [-0.2, 0) is 6.42 Å². The highest BCUT2D eigenvalue weighted by Gasteiger charge is 2.08. The molecule has 0 aliphatic carbocycles. The van der Waals surface area contributed by atoms with Gasteiger partial charge in [-0.05, 0) is 25.8 Å². The number of benzene rings is 2. The fourth-order valence-electron chi connectivity index (χ4n) is 2.15. The molecular formula is C18H22ClNO. The second-order valence-electron chi connectivity index (χ2n) is 5.26. The molecule has 0 spiro atoms. The molecule has 112 valence electrons. The monoisotopic (exact) mass is 303 g/mol. The standard InChI is InChI=1S/C18H21NO.ClH/c1-14-8-10-17(11-9-14)18(20)13-19-15(2)12-16-6-4-3-5-7-16;/h3-11,15,19H,12-13H2,1-2H3;1H/t15-;/m0./s1. The van der Waals surface area contributed by atoms with Gasteiger partial charge in [-0.1, -0.05) is 60.2 Å². The van der Waals surface area contributed by atoms with Crippen LogP contribution in [0.5, 0.6) is 0 Å². The largest absolute Gasteiger partial charge is 0.307 e. The summed E-state index contributed by atoms with van der Waals surface area (Å²) in [6.45, 7) is 4.51. The van der Waals surface area contributed by atoms with Crippen LogP contribution in [-0.4, -0.2) is 18.4 Å². The zero-order valence-electron chi connectivity index (χ0n) is 12.5. The van der Waals surface area contributed by atoms with Gasteiger partial charge in [0.25, 0.3) is 0 Å². The molecule has 21 heavy (non-hydrogen) atoms. The predicted octanol–water partition coefficient (Wildman–Crippen LogP) is 3.82. The van der Waals surface area contributed by atoms with E-state index in [1.54, 1.807) is 0 Å². The zero-order chi connectivity index (χ0) is 14.4. The van der Waals surface area contributed by atoms with Gasteiger partial charge in [-0.25, -0.2) is 0 Å². The molecule has 0 bridgehead atoms. The summed E-state index contributed by atoms with van der Waals surface area (Å²) in [7, 11) is 0. The molecule has 0 aliphatic heterocycles. The highest BCUT2D eigenvalue weighted by atomic mass is 35.5. The molecule has 0 radical (unpaired) electrons. The molecule has 0 fully saturated rings. The second-order valence-corrected chi connectivity index (χ2v) is 5.26. The van der Waals surface area contributed by atoms with E-state index in [0.29, 0.717) is 6.54 Å². The summed E-state index contributed by atoms with van der Waals surface area (Å²) in [5.74, 6) is 0.143. The Morgan fingerprint density at radius 3 is 2.29 bits per heavy atom. The van der Waals surface area contributed by atoms with Gasteiger partial charge < -0.3 is 5.32 Å². The molecule has 3 heteroatoms. The maximum atomic E-state index is 12.1. The van der Waals surface area contributed by atoms with Crippen LogP contribution >= 0.6 is 12.4 Å². The molecule has 0 saturated heterocycles. The van der Waals surface area contributed by atoms with Crippen molar-refractivity contribution in [1.82, 2.24) is 5.32 Å². The quantitative estimate of drug-likeness (QED) is 0.822. The molecule has 1 atom stereocenters. The summed E-state index contributed by atoms with van der Waals surface area (Å²) >= 11 is 0. The number of rotatable bonds is 6. The van der Waals surface area contributed by atoms with Crippen molar-refractivity contribution < 1.29 is 4.79 Å². The molecule has 2 aromatic rings. The number of halogens is 1. The van der Waals surface area contributed by atoms with E-state index in [4.69, 9.17) is 0 Å². The van der Waals surface area contributed by atoms with E-state index in [1.165, 1.54) is 11.1 Å². The number of nitrogens with one attached hydrogen (secondary N) is 1. The second kappa shape index (κ2) is 8.60. The number of aryl methyl sites for hydroxylation is 1. The molecule has 0 aliphatic rings. The van der Waals surface area contributed by atoms with Crippen molar-refractivity contribution in [2.24, 2.45) is 0 Å². The van der Waals surface area contributed by atoms with E-state index in [2.05, 4.69) is 24.4 Å². The fraction of sp³-hybridized carbons (Fsp3) is 0.278. The van der Waals surface area contributed by atoms with E-state index in [9.17, 15) is 4.79 Å². The van der Waals surface area contributed by atoms with Gasteiger partial charge in [0, 0.05) is 11.6 Å². The van der Waals surface area contributed by atoms with Gasteiger partial charge in [0.05, 0.1) is 6.54 Å². The van der Waals surface area contributed by atoms with E-state index in [1.807, 2.05) is 49.4 Å². The van der Waals surface area contributed by atoms with E-state index >= 15 is 0 Å². The first-order chi connectivity index (χ1) is 9.65. The van der Waals surface area contributed by atoms with Crippen molar-refractivity contribution >= 4 is 18.2 Å². The first-order valence-electron chi connectivity index (χ1n) is 7.02. The van der Waals surface area contributed by atoms with Crippen LogP contribution in [0.25, 0.3) is 0 Å². The van der Waals surface area contributed by atoms with Crippen LogP contribution in [0.2, 0.25) is 0 Å². The third-order valence-electron chi connectivity index (χ3n) is 3.37. The molecule has 2 rings (SSSR count). The molecular weight excluding hydrogens is 282 g/mol. The third-order valence-corrected chi connectivity index (χ3v) is 3.37.